The Kier molecular flexibility index (Phi) is 4.66. The van der Waals surface area contributed by atoms with Crippen molar-refractivity contribution in [1.82, 2.24) is 0 Å². The molecular formula is C13H19ClN2O3. The van der Waals surface area contributed by atoms with E-state index in [-0.39, 0.29) is 17.1 Å². The molecular weight excluding hydrogens is 268 g/mol. The highest BCUT2D eigenvalue weighted by Gasteiger charge is 2.24. The summed E-state index contributed by atoms with van der Waals surface area (Å²) >= 11 is 6.11. The summed E-state index contributed by atoms with van der Waals surface area (Å²) in [5.74, 6) is -1.10. The number of nitrogens with zero attached hydrogens (tertiary/aromatic N) is 1. The van der Waals surface area contributed by atoms with Crippen molar-refractivity contribution in [2.24, 2.45) is 0 Å². The molecule has 1 aromatic rings. The maximum absolute atomic E-state index is 11.3. The molecule has 4 N–H and O–H groups in total. The first-order valence-electron chi connectivity index (χ1n) is 5.95. The van der Waals surface area contributed by atoms with Crippen LogP contribution in [-0.2, 0) is 0 Å². The molecule has 0 aliphatic heterocycles. The van der Waals surface area contributed by atoms with Crippen LogP contribution in [-0.4, -0.2) is 34.9 Å². The Bertz CT molecular complexity index is 484. The molecule has 1 rings (SSSR count). The summed E-state index contributed by atoms with van der Waals surface area (Å²) in [5, 5.41) is 19.4. The van der Waals surface area contributed by atoms with Crippen LogP contribution in [0.25, 0.3) is 0 Å². The molecule has 0 aliphatic rings. The quantitative estimate of drug-likeness (QED) is 0.723. The van der Waals surface area contributed by atoms with Crippen LogP contribution in [0.1, 0.15) is 31.1 Å². The molecule has 19 heavy (non-hydrogen) atoms. The molecule has 0 atom stereocenters. The predicted octanol–water partition coefficient (Wildman–Crippen LogP) is 2.22. The molecule has 0 bridgehead atoms. The van der Waals surface area contributed by atoms with Gasteiger partial charge in [0.1, 0.15) is 0 Å². The monoisotopic (exact) mass is 286 g/mol. The van der Waals surface area contributed by atoms with Crippen molar-refractivity contribution in [3.05, 3.63) is 22.7 Å². The lowest BCUT2D eigenvalue weighted by Gasteiger charge is -2.31. The van der Waals surface area contributed by atoms with Crippen molar-refractivity contribution in [1.29, 1.82) is 0 Å². The minimum Gasteiger partial charge on any atom is -0.478 e. The van der Waals surface area contributed by atoms with E-state index in [0.29, 0.717) is 17.9 Å². The zero-order chi connectivity index (χ0) is 14.8. The zero-order valence-corrected chi connectivity index (χ0v) is 12.0. The fourth-order valence-electron chi connectivity index (χ4n) is 1.92. The molecule has 6 heteroatoms. The van der Waals surface area contributed by atoms with Gasteiger partial charge in [0, 0.05) is 18.8 Å². The van der Waals surface area contributed by atoms with Crippen molar-refractivity contribution in [2.45, 2.75) is 26.4 Å². The van der Waals surface area contributed by atoms with E-state index in [0.717, 1.165) is 0 Å². The van der Waals surface area contributed by atoms with Gasteiger partial charge in [-0.3, -0.25) is 0 Å². The molecule has 0 fully saturated rings. The average molecular weight is 287 g/mol. The van der Waals surface area contributed by atoms with Crippen LogP contribution in [0.2, 0.25) is 5.02 Å². The molecule has 0 heterocycles. The predicted molar refractivity (Wildman–Crippen MR) is 77.0 cm³/mol. The minimum absolute atomic E-state index is 0.0381. The van der Waals surface area contributed by atoms with Gasteiger partial charge in [0.05, 0.1) is 21.9 Å². The Balaban J connectivity index is 3.34. The first-order chi connectivity index (χ1) is 8.65. The molecule has 0 saturated heterocycles. The van der Waals surface area contributed by atoms with E-state index in [4.69, 9.17) is 17.3 Å². The van der Waals surface area contributed by atoms with Crippen LogP contribution in [0.15, 0.2) is 12.1 Å². The van der Waals surface area contributed by atoms with Gasteiger partial charge in [-0.2, -0.15) is 0 Å². The minimum atomic E-state index is -1.10. The number of carbonyl (C=O) groups is 1. The van der Waals surface area contributed by atoms with E-state index in [1.165, 1.54) is 12.1 Å². The fraction of sp³-hybridized carbons (Fsp3) is 0.462. The number of nitrogen functional groups attached to an aromatic ring is 1. The number of rotatable bonds is 5. The standard InChI is InChI=1S/C13H19ClN2O3/c1-4-16(7-13(2,3)19)11-9(12(17)18)5-8(15)6-10(11)14/h5-6,19H,4,7,15H2,1-3H3,(H,17,18). The van der Waals surface area contributed by atoms with Gasteiger partial charge in [-0.25, -0.2) is 4.79 Å². The number of hydrogen-bond donors (Lipinski definition) is 3. The van der Waals surface area contributed by atoms with E-state index in [9.17, 15) is 15.0 Å². The zero-order valence-electron chi connectivity index (χ0n) is 11.3. The van der Waals surface area contributed by atoms with Crippen molar-refractivity contribution in [3.8, 4) is 0 Å². The second-order valence-electron chi connectivity index (χ2n) is 5.03. The third-order valence-electron chi connectivity index (χ3n) is 2.59. The molecule has 0 aliphatic carbocycles. The topological polar surface area (TPSA) is 86.8 Å². The van der Waals surface area contributed by atoms with Crippen LogP contribution in [0.3, 0.4) is 0 Å². The smallest absolute Gasteiger partial charge is 0.337 e. The summed E-state index contributed by atoms with van der Waals surface area (Å²) in [4.78, 5) is 13.0. The number of likely N-dealkylation sites (N-methyl/N-ethyl adjacent to an activating group) is 1. The highest BCUT2D eigenvalue weighted by molar-refractivity contribution is 6.34. The number of carboxylic acids is 1. The summed E-state index contributed by atoms with van der Waals surface area (Å²) in [7, 11) is 0. The third kappa shape index (κ3) is 4.01. The highest BCUT2D eigenvalue weighted by Crippen LogP contribution is 2.33. The molecule has 0 amide bonds. The number of carboxylic acid groups (broad SMARTS) is 1. The Morgan fingerprint density at radius 1 is 1.47 bits per heavy atom. The van der Waals surface area contributed by atoms with Crippen LogP contribution in [0, 0.1) is 0 Å². The SMILES string of the molecule is CCN(CC(C)(C)O)c1c(Cl)cc(N)cc1C(=O)O. The van der Waals surface area contributed by atoms with Gasteiger partial charge >= 0.3 is 5.97 Å². The summed E-state index contributed by atoms with van der Waals surface area (Å²) in [6.45, 7) is 5.97. The van der Waals surface area contributed by atoms with Crippen LogP contribution in [0.4, 0.5) is 11.4 Å². The Hall–Kier alpha value is -1.46. The first-order valence-corrected chi connectivity index (χ1v) is 6.33. The van der Waals surface area contributed by atoms with Crippen molar-refractivity contribution in [2.75, 3.05) is 23.7 Å². The highest BCUT2D eigenvalue weighted by atomic mass is 35.5. The molecule has 0 saturated carbocycles. The Labute approximate surface area is 117 Å². The average Bonchev–Trinajstić information content (AvgIpc) is 2.24. The first kappa shape index (κ1) is 15.6. The van der Waals surface area contributed by atoms with Crippen LogP contribution >= 0.6 is 11.6 Å². The second-order valence-corrected chi connectivity index (χ2v) is 5.44. The third-order valence-corrected chi connectivity index (χ3v) is 2.88. The Morgan fingerprint density at radius 3 is 2.47 bits per heavy atom. The van der Waals surface area contributed by atoms with Crippen molar-refractivity contribution >= 4 is 28.9 Å². The molecule has 0 unspecified atom stereocenters. The number of nitrogens with two attached hydrogens (primary N) is 1. The molecule has 0 radical (unpaired) electrons. The van der Waals surface area contributed by atoms with E-state index >= 15 is 0 Å². The summed E-state index contributed by atoms with van der Waals surface area (Å²) < 4.78 is 0. The van der Waals surface area contributed by atoms with E-state index in [1.54, 1.807) is 18.7 Å². The summed E-state index contributed by atoms with van der Waals surface area (Å²) in [6.07, 6.45) is 0. The lowest BCUT2D eigenvalue weighted by Crippen LogP contribution is -2.39. The summed E-state index contributed by atoms with van der Waals surface area (Å²) in [6, 6.07) is 2.88. The van der Waals surface area contributed by atoms with Crippen LogP contribution in [0.5, 0.6) is 0 Å². The van der Waals surface area contributed by atoms with Gasteiger partial charge in [0.25, 0.3) is 0 Å². The van der Waals surface area contributed by atoms with Crippen molar-refractivity contribution < 1.29 is 15.0 Å². The number of anilines is 2. The van der Waals surface area contributed by atoms with Gasteiger partial charge in [-0.1, -0.05) is 11.6 Å². The number of aromatic carboxylic acids is 1. The number of hydrogen-bond acceptors (Lipinski definition) is 4. The number of halogens is 1. The fourth-order valence-corrected chi connectivity index (χ4v) is 2.27. The maximum atomic E-state index is 11.3. The van der Waals surface area contributed by atoms with Crippen molar-refractivity contribution in [3.63, 3.8) is 0 Å². The summed E-state index contributed by atoms with van der Waals surface area (Å²) in [5.41, 5.74) is 5.37. The lowest BCUT2D eigenvalue weighted by molar-refractivity contribution is 0.0694. The van der Waals surface area contributed by atoms with E-state index in [1.807, 2.05) is 6.92 Å². The number of aliphatic hydroxyl groups is 1. The maximum Gasteiger partial charge on any atom is 0.337 e. The molecule has 0 spiro atoms. The second kappa shape index (κ2) is 5.67. The van der Waals surface area contributed by atoms with Gasteiger partial charge in [0.2, 0.25) is 0 Å². The molecule has 106 valence electrons. The van der Waals surface area contributed by atoms with E-state index < -0.39 is 11.6 Å². The van der Waals surface area contributed by atoms with Gasteiger partial charge in [0.15, 0.2) is 0 Å². The van der Waals surface area contributed by atoms with Gasteiger partial charge < -0.3 is 20.8 Å². The normalized spacial score (nSPS) is 11.4. The largest absolute Gasteiger partial charge is 0.478 e. The van der Waals surface area contributed by atoms with Gasteiger partial charge in [-0.15, -0.1) is 0 Å². The van der Waals surface area contributed by atoms with Gasteiger partial charge in [-0.05, 0) is 32.9 Å². The van der Waals surface area contributed by atoms with E-state index in [2.05, 4.69) is 0 Å². The van der Waals surface area contributed by atoms with Crippen LogP contribution < -0.4 is 10.6 Å². The molecule has 5 nitrogen and oxygen atoms in total. The lowest BCUT2D eigenvalue weighted by atomic mass is 10.1. The number of benzene rings is 1. The molecule has 1 aromatic carbocycles. The molecule has 0 aromatic heterocycles. The Morgan fingerprint density at radius 2 is 2.05 bits per heavy atom.